The normalized spacial score (nSPS) is 18.3. The van der Waals surface area contributed by atoms with E-state index in [1.807, 2.05) is 25.1 Å². The maximum atomic E-state index is 9.92. The standard InChI is InChI=1S/C12H18N2O/c1-9-5-10(13)7-11(6-9)14-8-12(15)3-2-4-12/h5-7,14-15H,2-4,8,13H2,1H3. The molecule has 1 aliphatic carbocycles. The summed E-state index contributed by atoms with van der Waals surface area (Å²) in [6.45, 7) is 2.63. The third-order valence-electron chi connectivity index (χ3n) is 3.01. The molecule has 2 rings (SSSR count). The summed E-state index contributed by atoms with van der Waals surface area (Å²) in [6.07, 6.45) is 2.94. The number of benzene rings is 1. The SMILES string of the molecule is Cc1cc(N)cc(NCC2(O)CCC2)c1. The van der Waals surface area contributed by atoms with E-state index in [1.54, 1.807) is 0 Å². The molecule has 0 amide bonds. The summed E-state index contributed by atoms with van der Waals surface area (Å²) in [5.74, 6) is 0. The van der Waals surface area contributed by atoms with E-state index in [1.165, 1.54) is 0 Å². The Hall–Kier alpha value is -1.22. The molecule has 1 aliphatic rings. The Morgan fingerprint density at radius 3 is 2.67 bits per heavy atom. The molecule has 1 fully saturated rings. The van der Waals surface area contributed by atoms with Crippen molar-refractivity contribution in [2.75, 3.05) is 17.6 Å². The molecule has 0 bridgehead atoms. The van der Waals surface area contributed by atoms with Crippen molar-refractivity contribution in [3.63, 3.8) is 0 Å². The number of hydrogen-bond acceptors (Lipinski definition) is 3. The number of nitrogens with two attached hydrogens (primary N) is 1. The fourth-order valence-corrected chi connectivity index (χ4v) is 1.94. The number of hydrogen-bond donors (Lipinski definition) is 3. The van der Waals surface area contributed by atoms with Gasteiger partial charge in [-0.15, -0.1) is 0 Å². The molecule has 0 saturated heterocycles. The lowest BCUT2D eigenvalue weighted by molar-refractivity contribution is -0.0201. The Morgan fingerprint density at radius 1 is 1.40 bits per heavy atom. The maximum absolute atomic E-state index is 9.92. The summed E-state index contributed by atoms with van der Waals surface area (Å²) in [6, 6.07) is 5.87. The van der Waals surface area contributed by atoms with Crippen molar-refractivity contribution in [2.24, 2.45) is 0 Å². The van der Waals surface area contributed by atoms with Gasteiger partial charge in [0, 0.05) is 17.9 Å². The Kier molecular flexibility index (Phi) is 2.57. The van der Waals surface area contributed by atoms with Crippen molar-refractivity contribution in [3.05, 3.63) is 23.8 Å². The number of aryl methyl sites for hydroxylation is 1. The minimum absolute atomic E-state index is 0.488. The lowest BCUT2D eigenvalue weighted by Crippen LogP contribution is -2.43. The number of anilines is 2. The van der Waals surface area contributed by atoms with Gasteiger partial charge in [-0.05, 0) is 49.9 Å². The first-order valence-electron chi connectivity index (χ1n) is 5.41. The molecule has 0 aromatic heterocycles. The fourth-order valence-electron chi connectivity index (χ4n) is 1.94. The van der Waals surface area contributed by atoms with E-state index in [0.717, 1.165) is 36.2 Å². The third-order valence-corrected chi connectivity index (χ3v) is 3.01. The minimum atomic E-state index is -0.488. The first kappa shape index (κ1) is 10.3. The Bertz CT molecular complexity index is 338. The Morgan fingerprint density at radius 2 is 2.13 bits per heavy atom. The molecular formula is C12H18N2O. The second-order valence-electron chi connectivity index (χ2n) is 4.56. The van der Waals surface area contributed by atoms with Crippen LogP contribution in [-0.2, 0) is 0 Å². The second kappa shape index (κ2) is 3.74. The zero-order valence-corrected chi connectivity index (χ0v) is 9.09. The van der Waals surface area contributed by atoms with Crippen LogP contribution in [0.1, 0.15) is 24.8 Å². The highest BCUT2D eigenvalue weighted by molar-refractivity contribution is 5.56. The topological polar surface area (TPSA) is 58.3 Å². The molecule has 15 heavy (non-hydrogen) atoms. The lowest BCUT2D eigenvalue weighted by Gasteiger charge is -2.36. The quantitative estimate of drug-likeness (QED) is 0.662. The van der Waals surface area contributed by atoms with Gasteiger partial charge in [-0.3, -0.25) is 0 Å². The van der Waals surface area contributed by atoms with Gasteiger partial charge in [0.25, 0.3) is 0 Å². The van der Waals surface area contributed by atoms with Gasteiger partial charge in [-0.2, -0.15) is 0 Å². The molecule has 4 N–H and O–H groups in total. The number of aliphatic hydroxyl groups is 1. The van der Waals surface area contributed by atoms with Crippen LogP contribution >= 0.6 is 0 Å². The Labute approximate surface area is 90.3 Å². The molecule has 0 heterocycles. The van der Waals surface area contributed by atoms with Crippen LogP contribution in [0.4, 0.5) is 11.4 Å². The van der Waals surface area contributed by atoms with Gasteiger partial charge >= 0.3 is 0 Å². The third kappa shape index (κ3) is 2.42. The molecular weight excluding hydrogens is 188 g/mol. The van der Waals surface area contributed by atoms with E-state index in [9.17, 15) is 5.11 Å². The maximum Gasteiger partial charge on any atom is 0.0819 e. The largest absolute Gasteiger partial charge is 0.399 e. The summed E-state index contributed by atoms with van der Waals surface area (Å²) in [5, 5.41) is 13.2. The van der Waals surface area contributed by atoms with Crippen LogP contribution in [0.25, 0.3) is 0 Å². The molecule has 0 unspecified atom stereocenters. The smallest absolute Gasteiger partial charge is 0.0819 e. The first-order chi connectivity index (χ1) is 7.07. The molecule has 3 heteroatoms. The molecule has 1 aromatic rings. The number of rotatable bonds is 3. The predicted octanol–water partition coefficient (Wildman–Crippen LogP) is 1.90. The highest BCUT2D eigenvalue weighted by Gasteiger charge is 2.33. The zero-order valence-electron chi connectivity index (χ0n) is 9.09. The van der Waals surface area contributed by atoms with Crippen LogP contribution in [-0.4, -0.2) is 17.3 Å². The van der Waals surface area contributed by atoms with Crippen molar-refractivity contribution in [1.82, 2.24) is 0 Å². The predicted molar refractivity (Wildman–Crippen MR) is 62.9 cm³/mol. The molecule has 82 valence electrons. The van der Waals surface area contributed by atoms with E-state index in [2.05, 4.69) is 5.32 Å². The van der Waals surface area contributed by atoms with Gasteiger partial charge in [0.15, 0.2) is 0 Å². The van der Waals surface area contributed by atoms with Crippen molar-refractivity contribution in [3.8, 4) is 0 Å². The molecule has 1 aromatic carbocycles. The van der Waals surface area contributed by atoms with Crippen LogP contribution in [0.15, 0.2) is 18.2 Å². The number of nitrogens with one attached hydrogen (secondary N) is 1. The fraction of sp³-hybridized carbons (Fsp3) is 0.500. The summed E-state index contributed by atoms with van der Waals surface area (Å²) < 4.78 is 0. The van der Waals surface area contributed by atoms with Crippen molar-refractivity contribution < 1.29 is 5.11 Å². The highest BCUT2D eigenvalue weighted by atomic mass is 16.3. The summed E-state index contributed by atoms with van der Waals surface area (Å²) in [4.78, 5) is 0. The van der Waals surface area contributed by atoms with Gasteiger partial charge < -0.3 is 16.2 Å². The van der Waals surface area contributed by atoms with Crippen molar-refractivity contribution in [2.45, 2.75) is 31.8 Å². The van der Waals surface area contributed by atoms with E-state index < -0.39 is 5.60 Å². The second-order valence-corrected chi connectivity index (χ2v) is 4.56. The van der Waals surface area contributed by atoms with Crippen LogP contribution < -0.4 is 11.1 Å². The van der Waals surface area contributed by atoms with Gasteiger partial charge in [0.2, 0.25) is 0 Å². The van der Waals surface area contributed by atoms with E-state index >= 15 is 0 Å². The molecule has 0 radical (unpaired) electrons. The lowest BCUT2D eigenvalue weighted by atomic mass is 9.80. The van der Waals surface area contributed by atoms with E-state index in [0.29, 0.717) is 6.54 Å². The minimum Gasteiger partial charge on any atom is -0.399 e. The van der Waals surface area contributed by atoms with Crippen LogP contribution in [0, 0.1) is 6.92 Å². The van der Waals surface area contributed by atoms with Gasteiger partial charge in [0.1, 0.15) is 0 Å². The zero-order chi connectivity index (χ0) is 10.9. The molecule has 0 aliphatic heterocycles. The number of nitrogen functional groups attached to an aromatic ring is 1. The van der Waals surface area contributed by atoms with E-state index in [4.69, 9.17) is 5.73 Å². The molecule has 0 spiro atoms. The van der Waals surface area contributed by atoms with Crippen LogP contribution in [0.3, 0.4) is 0 Å². The van der Waals surface area contributed by atoms with Crippen LogP contribution in [0.5, 0.6) is 0 Å². The molecule has 1 saturated carbocycles. The highest BCUT2D eigenvalue weighted by Crippen LogP contribution is 2.31. The molecule has 0 atom stereocenters. The van der Waals surface area contributed by atoms with Gasteiger partial charge in [-0.1, -0.05) is 0 Å². The van der Waals surface area contributed by atoms with Crippen molar-refractivity contribution >= 4 is 11.4 Å². The van der Waals surface area contributed by atoms with Gasteiger partial charge in [-0.25, -0.2) is 0 Å². The van der Waals surface area contributed by atoms with Crippen molar-refractivity contribution in [1.29, 1.82) is 0 Å². The average Bonchev–Trinajstić information content (AvgIpc) is 2.10. The average molecular weight is 206 g/mol. The molecule has 3 nitrogen and oxygen atoms in total. The summed E-state index contributed by atoms with van der Waals surface area (Å²) in [5.41, 5.74) is 8.15. The first-order valence-corrected chi connectivity index (χ1v) is 5.41. The summed E-state index contributed by atoms with van der Waals surface area (Å²) >= 11 is 0. The van der Waals surface area contributed by atoms with Crippen LogP contribution in [0.2, 0.25) is 0 Å². The monoisotopic (exact) mass is 206 g/mol. The van der Waals surface area contributed by atoms with Gasteiger partial charge in [0.05, 0.1) is 5.60 Å². The summed E-state index contributed by atoms with van der Waals surface area (Å²) in [7, 11) is 0. The Balaban J connectivity index is 1.98. The van der Waals surface area contributed by atoms with E-state index in [-0.39, 0.29) is 0 Å².